The molecule has 0 bridgehead atoms. The molecular formula is C20H39NO. The Kier molecular flexibility index (Phi) is 10.6. The molecule has 0 aromatic carbocycles. The average molecular weight is 310 g/mol. The Morgan fingerprint density at radius 3 is 1.64 bits per heavy atom. The standard InChI is InChI=1S/C20H39NO/c1-4-6-8-10-12-14-16-20(18-22-19(3)21-20)17-15-13-11-9-7-5-2/h4-18H2,1-3H3. The van der Waals surface area contributed by atoms with E-state index in [0.29, 0.717) is 0 Å². The predicted molar refractivity (Wildman–Crippen MR) is 97.8 cm³/mol. The quantitative estimate of drug-likeness (QED) is 0.328. The molecule has 0 fully saturated rings. The Hall–Kier alpha value is -0.530. The largest absolute Gasteiger partial charge is 0.479 e. The maximum atomic E-state index is 5.71. The molecule has 0 amide bonds. The predicted octanol–water partition coefficient (Wildman–Crippen LogP) is 6.68. The highest BCUT2D eigenvalue weighted by Gasteiger charge is 2.34. The van der Waals surface area contributed by atoms with Crippen LogP contribution in [-0.2, 0) is 4.74 Å². The highest BCUT2D eigenvalue weighted by molar-refractivity contribution is 5.75. The summed E-state index contributed by atoms with van der Waals surface area (Å²) in [7, 11) is 0. The van der Waals surface area contributed by atoms with Gasteiger partial charge in [-0.05, 0) is 12.8 Å². The van der Waals surface area contributed by atoms with Crippen LogP contribution in [0.2, 0.25) is 0 Å². The summed E-state index contributed by atoms with van der Waals surface area (Å²) in [5, 5.41) is 0. The summed E-state index contributed by atoms with van der Waals surface area (Å²) in [6, 6.07) is 0. The maximum Gasteiger partial charge on any atom is 0.180 e. The van der Waals surface area contributed by atoms with Crippen molar-refractivity contribution in [2.24, 2.45) is 4.99 Å². The Bertz CT molecular complexity index is 282. The number of rotatable bonds is 14. The molecule has 1 heterocycles. The summed E-state index contributed by atoms with van der Waals surface area (Å²) in [5.74, 6) is 0.914. The van der Waals surface area contributed by atoms with Gasteiger partial charge in [0.2, 0.25) is 0 Å². The van der Waals surface area contributed by atoms with Gasteiger partial charge in [0.15, 0.2) is 5.90 Å². The number of aliphatic imine (C=N–C) groups is 1. The fraction of sp³-hybridized carbons (Fsp3) is 0.950. The van der Waals surface area contributed by atoms with Crippen molar-refractivity contribution in [3.8, 4) is 0 Å². The SMILES string of the molecule is CCCCCCCCC1(CCCCCCCC)COC(C)=N1. The second kappa shape index (κ2) is 12.0. The summed E-state index contributed by atoms with van der Waals surface area (Å²) >= 11 is 0. The Morgan fingerprint density at radius 2 is 1.23 bits per heavy atom. The zero-order valence-electron chi connectivity index (χ0n) is 15.5. The molecule has 2 heteroatoms. The molecule has 0 aromatic rings. The Balaban J connectivity index is 2.21. The maximum absolute atomic E-state index is 5.71. The van der Waals surface area contributed by atoms with Crippen molar-refractivity contribution < 1.29 is 4.74 Å². The van der Waals surface area contributed by atoms with E-state index < -0.39 is 0 Å². The Labute approximate surface area is 139 Å². The van der Waals surface area contributed by atoms with E-state index in [1.165, 1.54) is 89.9 Å². The number of ether oxygens (including phenoxy) is 1. The van der Waals surface area contributed by atoms with Crippen molar-refractivity contribution in [3.63, 3.8) is 0 Å². The minimum absolute atomic E-state index is 0.125. The molecule has 1 aliphatic heterocycles. The molecule has 1 rings (SSSR count). The first-order valence-corrected chi connectivity index (χ1v) is 9.91. The van der Waals surface area contributed by atoms with E-state index in [4.69, 9.17) is 9.73 Å². The zero-order chi connectivity index (χ0) is 16.1. The van der Waals surface area contributed by atoms with E-state index in [1.807, 2.05) is 6.92 Å². The first-order chi connectivity index (χ1) is 10.7. The lowest BCUT2D eigenvalue weighted by molar-refractivity contribution is 0.224. The van der Waals surface area contributed by atoms with Gasteiger partial charge in [0.05, 0.1) is 5.54 Å². The van der Waals surface area contributed by atoms with Crippen LogP contribution < -0.4 is 0 Å². The second-order valence-electron chi connectivity index (χ2n) is 7.18. The van der Waals surface area contributed by atoms with Crippen LogP contribution in [0.1, 0.15) is 111 Å². The first kappa shape index (κ1) is 19.5. The number of hydrogen-bond acceptors (Lipinski definition) is 2. The third kappa shape index (κ3) is 8.19. The van der Waals surface area contributed by atoms with Crippen LogP contribution >= 0.6 is 0 Å². The fourth-order valence-electron chi connectivity index (χ4n) is 3.49. The van der Waals surface area contributed by atoms with Gasteiger partial charge in [0.25, 0.3) is 0 Å². The summed E-state index contributed by atoms with van der Waals surface area (Å²) in [6.45, 7) is 7.42. The van der Waals surface area contributed by atoms with Gasteiger partial charge in [-0.1, -0.05) is 90.9 Å². The van der Waals surface area contributed by atoms with Gasteiger partial charge in [-0.3, -0.25) is 0 Å². The smallest absolute Gasteiger partial charge is 0.180 e. The van der Waals surface area contributed by atoms with Gasteiger partial charge in [-0.25, -0.2) is 4.99 Å². The van der Waals surface area contributed by atoms with Crippen LogP contribution in [0.5, 0.6) is 0 Å². The lowest BCUT2D eigenvalue weighted by atomic mass is 9.88. The van der Waals surface area contributed by atoms with Crippen molar-refractivity contribution in [1.29, 1.82) is 0 Å². The molecule has 2 nitrogen and oxygen atoms in total. The Morgan fingerprint density at radius 1 is 0.773 bits per heavy atom. The molecule has 0 N–H and O–H groups in total. The van der Waals surface area contributed by atoms with Gasteiger partial charge in [0, 0.05) is 6.92 Å². The van der Waals surface area contributed by atoms with E-state index in [1.54, 1.807) is 0 Å². The molecule has 1 aliphatic rings. The number of nitrogens with zero attached hydrogens (tertiary/aromatic N) is 1. The van der Waals surface area contributed by atoms with Crippen LogP contribution in [0.25, 0.3) is 0 Å². The highest BCUT2D eigenvalue weighted by atomic mass is 16.5. The van der Waals surface area contributed by atoms with E-state index >= 15 is 0 Å². The molecule has 0 aromatic heterocycles. The number of unbranched alkanes of at least 4 members (excludes halogenated alkanes) is 10. The van der Waals surface area contributed by atoms with Gasteiger partial charge < -0.3 is 4.74 Å². The van der Waals surface area contributed by atoms with Crippen LogP contribution in [0.3, 0.4) is 0 Å². The average Bonchev–Trinajstić information content (AvgIpc) is 2.88. The molecule has 0 saturated carbocycles. The van der Waals surface area contributed by atoms with Crippen molar-refractivity contribution >= 4 is 5.90 Å². The third-order valence-electron chi connectivity index (χ3n) is 4.94. The van der Waals surface area contributed by atoms with Gasteiger partial charge in [0.1, 0.15) is 6.61 Å². The molecule has 0 radical (unpaired) electrons. The minimum Gasteiger partial charge on any atom is -0.479 e. The third-order valence-corrected chi connectivity index (χ3v) is 4.94. The van der Waals surface area contributed by atoms with E-state index in [9.17, 15) is 0 Å². The molecule has 0 unspecified atom stereocenters. The molecule has 0 aliphatic carbocycles. The molecule has 130 valence electrons. The minimum atomic E-state index is 0.125. The van der Waals surface area contributed by atoms with Crippen LogP contribution in [0, 0.1) is 0 Å². The van der Waals surface area contributed by atoms with Crippen LogP contribution in [-0.4, -0.2) is 18.0 Å². The highest BCUT2D eigenvalue weighted by Crippen LogP contribution is 2.31. The normalized spacial score (nSPS) is 16.6. The van der Waals surface area contributed by atoms with E-state index in [2.05, 4.69) is 13.8 Å². The van der Waals surface area contributed by atoms with Gasteiger partial charge >= 0.3 is 0 Å². The van der Waals surface area contributed by atoms with Crippen LogP contribution in [0.4, 0.5) is 0 Å². The molecule has 0 atom stereocenters. The monoisotopic (exact) mass is 309 g/mol. The van der Waals surface area contributed by atoms with E-state index in [-0.39, 0.29) is 5.54 Å². The number of hydrogen-bond donors (Lipinski definition) is 0. The second-order valence-corrected chi connectivity index (χ2v) is 7.18. The van der Waals surface area contributed by atoms with Crippen molar-refractivity contribution in [2.45, 2.75) is 116 Å². The fourth-order valence-corrected chi connectivity index (χ4v) is 3.49. The van der Waals surface area contributed by atoms with Crippen molar-refractivity contribution in [1.82, 2.24) is 0 Å². The topological polar surface area (TPSA) is 21.6 Å². The van der Waals surface area contributed by atoms with Crippen LogP contribution in [0.15, 0.2) is 4.99 Å². The van der Waals surface area contributed by atoms with Crippen molar-refractivity contribution in [3.05, 3.63) is 0 Å². The zero-order valence-corrected chi connectivity index (χ0v) is 15.5. The molecule has 0 spiro atoms. The summed E-state index contributed by atoms with van der Waals surface area (Å²) in [5.41, 5.74) is 0.125. The van der Waals surface area contributed by atoms with E-state index in [0.717, 1.165) is 12.5 Å². The first-order valence-electron chi connectivity index (χ1n) is 9.91. The summed E-state index contributed by atoms with van der Waals surface area (Å²) in [4.78, 5) is 4.88. The van der Waals surface area contributed by atoms with Crippen molar-refractivity contribution in [2.75, 3.05) is 6.61 Å². The molecular weight excluding hydrogens is 270 g/mol. The van der Waals surface area contributed by atoms with Gasteiger partial charge in [-0.15, -0.1) is 0 Å². The summed E-state index contributed by atoms with van der Waals surface area (Å²) in [6.07, 6.45) is 18.9. The van der Waals surface area contributed by atoms with Gasteiger partial charge in [-0.2, -0.15) is 0 Å². The lowest BCUT2D eigenvalue weighted by Gasteiger charge is -2.24. The molecule has 22 heavy (non-hydrogen) atoms. The lowest BCUT2D eigenvalue weighted by Crippen LogP contribution is -2.28. The molecule has 0 saturated heterocycles. The summed E-state index contributed by atoms with van der Waals surface area (Å²) < 4.78 is 5.71.